The van der Waals surface area contributed by atoms with Gasteiger partial charge in [-0.2, -0.15) is 13.2 Å². The summed E-state index contributed by atoms with van der Waals surface area (Å²) in [5.41, 5.74) is -0.758. The maximum Gasteiger partial charge on any atom is 0.419 e. The zero-order valence-corrected chi connectivity index (χ0v) is 20.2. The summed E-state index contributed by atoms with van der Waals surface area (Å²) >= 11 is 0. The van der Waals surface area contributed by atoms with E-state index >= 15 is 0 Å². The maximum absolute atomic E-state index is 13.1. The molecular formula is C21H32F3IN4O2. The molecule has 176 valence electrons. The van der Waals surface area contributed by atoms with Crippen LogP contribution < -0.4 is 10.1 Å². The Morgan fingerprint density at radius 3 is 2.68 bits per heavy atom. The summed E-state index contributed by atoms with van der Waals surface area (Å²) in [5.74, 6) is 1.23. The largest absolute Gasteiger partial charge is 0.491 e. The Morgan fingerprint density at radius 1 is 1.23 bits per heavy atom. The minimum Gasteiger partial charge on any atom is -0.491 e. The molecule has 0 radical (unpaired) electrons. The van der Waals surface area contributed by atoms with E-state index in [-0.39, 0.29) is 36.3 Å². The number of nitrogens with one attached hydrogen (secondary N) is 1. The summed E-state index contributed by atoms with van der Waals surface area (Å²) in [6.07, 6.45) is -3.32. The molecule has 2 fully saturated rings. The molecule has 1 aromatic carbocycles. The van der Waals surface area contributed by atoms with Crippen LogP contribution in [0, 0.1) is 5.92 Å². The number of likely N-dealkylation sites (tertiary alicyclic amines) is 1. The maximum atomic E-state index is 13.1. The topological polar surface area (TPSA) is 49.3 Å². The van der Waals surface area contributed by atoms with E-state index in [0.717, 1.165) is 70.9 Å². The SMILES string of the molecule is CCNC(=NCCOc1ccccc1C(F)(F)F)N1CCC(CN2CCOCC2)C1.I. The number of ether oxygens (including phenoxy) is 2. The molecule has 0 amide bonds. The number of benzene rings is 1. The monoisotopic (exact) mass is 556 g/mol. The van der Waals surface area contributed by atoms with Gasteiger partial charge in [-0.1, -0.05) is 12.1 Å². The van der Waals surface area contributed by atoms with Crippen molar-refractivity contribution in [2.45, 2.75) is 19.5 Å². The first-order valence-corrected chi connectivity index (χ1v) is 10.6. The van der Waals surface area contributed by atoms with E-state index in [1.54, 1.807) is 0 Å². The second-order valence-electron chi connectivity index (χ2n) is 7.59. The van der Waals surface area contributed by atoms with Gasteiger partial charge in [0.15, 0.2) is 5.96 Å². The summed E-state index contributed by atoms with van der Waals surface area (Å²) in [4.78, 5) is 9.26. The van der Waals surface area contributed by atoms with Crippen LogP contribution in [-0.4, -0.2) is 81.4 Å². The van der Waals surface area contributed by atoms with Gasteiger partial charge in [0.2, 0.25) is 0 Å². The fourth-order valence-corrected chi connectivity index (χ4v) is 3.88. The zero-order chi connectivity index (χ0) is 21.4. The number of hydrogen-bond acceptors (Lipinski definition) is 4. The van der Waals surface area contributed by atoms with Crippen LogP contribution in [0.1, 0.15) is 18.9 Å². The number of guanidine groups is 1. The van der Waals surface area contributed by atoms with Gasteiger partial charge in [0, 0.05) is 39.3 Å². The van der Waals surface area contributed by atoms with Crippen molar-refractivity contribution < 1.29 is 22.6 Å². The lowest BCUT2D eigenvalue weighted by Gasteiger charge is -2.29. The van der Waals surface area contributed by atoms with E-state index in [9.17, 15) is 13.2 Å². The number of para-hydroxylation sites is 1. The molecule has 1 unspecified atom stereocenters. The average Bonchev–Trinajstić information content (AvgIpc) is 3.19. The van der Waals surface area contributed by atoms with Crippen molar-refractivity contribution >= 4 is 29.9 Å². The summed E-state index contributed by atoms with van der Waals surface area (Å²) in [7, 11) is 0. The molecule has 2 heterocycles. The van der Waals surface area contributed by atoms with E-state index in [1.807, 2.05) is 6.92 Å². The van der Waals surface area contributed by atoms with Crippen molar-refractivity contribution in [2.24, 2.45) is 10.9 Å². The van der Waals surface area contributed by atoms with Crippen LogP contribution in [-0.2, 0) is 10.9 Å². The number of alkyl halides is 3. The number of hydrogen-bond donors (Lipinski definition) is 1. The molecule has 31 heavy (non-hydrogen) atoms. The summed E-state index contributed by atoms with van der Waals surface area (Å²) in [5, 5.41) is 3.29. The first-order chi connectivity index (χ1) is 14.5. The Kier molecular flexibility index (Phi) is 10.6. The summed E-state index contributed by atoms with van der Waals surface area (Å²) in [6.45, 7) is 9.63. The van der Waals surface area contributed by atoms with Gasteiger partial charge in [0.1, 0.15) is 12.4 Å². The van der Waals surface area contributed by atoms with Gasteiger partial charge in [-0.15, -0.1) is 24.0 Å². The first-order valence-electron chi connectivity index (χ1n) is 10.6. The van der Waals surface area contributed by atoms with Crippen LogP contribution in [0.4, 0.5) is 13.2 Å². The molecule has 2 aliphatic heterocycles. The number of morpholine rings is 1. The van der Waals surface area contributed by atoms with Gasteiger partial charge in [0.25, 0.3) is 0 Å². The Bertz CT molecular complexity index is 699. The lowest BCUT2D eigenvalue weighted by molar-refractivity contribution is -0.138. The summed E-state index contributed by atoms with van der Waals surface area (Å²) < 4.78 is 50.0. The van der Waals surface area contributed by atoms with Crippen LogP contribution in [0.25, 0.3) is 0 Å². The van der Waals surface area contributed by atoms with Gasteiger partial charge >= 0.3 is 6.18 Å². The molecule has 2 saturated heterocycles. The molecule has 1 aromatic rings. The first kappa shape index (κ1) is 26.0. The second-order valence-corrected chi connectivity index (χ2v) is 7.59. The minimum absolute atomic E-state index is 0. The molecule has 0 aromatic heterocycles. The van der Waals surface area contributed by atoms with Gasteiger partial charge in [-0.3, -0.25) is 4.90 Å². The van der Waals surface area contributed by atoms with Crippen molar-refractivity contribution in [2.75, 3.05) is 65.6 Å². The number of rotatable bonds is 7. The molecular weight excluding hydrogens is 524 g/mol. The van der Waals surface area contributed by atoms with Crippen molar-refractivity contribution in [3.63, 3.8) is 0 Å². The number of halogens is 4. The standard InChI is InChI=1S/C21H31F3N4O2.HI/c1-2-25-20(28-9-7-17(16-28)15-27-10-13-29-14-11-27)26-8-12-30-19-6-4-3-5-18(19)21(22,23)24;/h3-6,17H,2,7-16H2,1H3,(H,25,26);1H. The molecule has 1 N–H and O–H groups in total. The molecule has 6 nitrogen and oxygen atoms in total. The van der Waals surface area contributed by atoms with E-state index in [4.69, 9.17) is 9.47 Å². The lowest BCUT2D eigenvalue weighted by Crippen LogP contribution is -2.42. The van der Waals surface area contributed by atoms with Crippen LogP contribution in [0.15, 0.2) is 29.3 Å². The van der Waals surface area contributed by atoms with E-state index in [1.165, 1.54) is 18.2 Å². The fraction of sp³-hybridized carbons (Fsp3) is 0.667. The fourth-order valence-electron chi connectivity index (χ4n) is 3.88. The van der Waals surface area contributed by atoms with Crippen molar-refractivity contribution in [1.29, 1.82) is 0 Å². The third-order valence-corrected chi connectivity index (χ3v) is 5.34. The molecule has 0 saturated carbocycles. The van der Waals surface area contributed by atoms with Gasteiger partial charge < -0.3 is 19.7 Å². The Labute approximate surface area is 199 Å². The highest BCUT2D eigenvalue weighted by Crippen LogP contribution is 2.35. The molecule has 0 spiro atoms. The Hall–Kier alpha value is -1.27. The predicted octanol–water partition coefficient (Wildman–Crippen LogP) is 3.32. The summed E-state index contributed by atoms with van der Waals surface area (Å²) in [6, 6.07) is 5.27. The van der Waals surface area contributed by atoms with Crippen molar-refractivity contribution in [1.82, 2.24) is 15.1 Å². The highest BCUT2D eigenvalue weighted by Gasteiger charge is 2.34. The van der Waals surface area contributed by atoms with Crippen LogP contribution >= 0.6 is 24.0 Å². The predicted molar refractivity (Wildman–Crippen MR) is 125 cm³/mol. The highest BCUT2D eigenvalue weighted by atomic mass is 127. The van der Waals surface area contributed by atoms with Gasteiger partial charge in [0.05, 0.1) is 25.3 Å². The average molecular weight is 556 g/mol. The number of aliphatic imine (C=N–C) groups is 1. The second kappa shape index (κ2) is 12.7. The Balaban J connectivity index is 0.00000341. The Morgan fingerprint density at radius 2 is 1.97 bits per heavy atom. The molecule has 2 aliphatic rings. The highest BCUT2D eigenvalue weighted by molar-refractivity contribution is 14.0. The van der Waals surface area contributed by atoms with E-state index in [2.05, 4.69) is 20.1 Å². The van der Waals surface area contributed by atoms with Crippen molar-refractivity contribution in [3.05, 3.63) is 29.8 Å². The molecule has 10 heteroatoms. The smallest absolute Gasteiger partial charge is 0.419 e. The van der Waals surface area contributed by atoms with Crippen molar-refractivity contribution in [3.8, 4) is 5.75 Å². The van der Waals surface area contributed by atoms with Gasteiger partial charge in [-0.05, 0) is 31.4 Å². The molecule has 0 aliphatic carbocycles. The third-order valence-electron chi connectivity index (χ3n) is 5.34. The van der Waals surface area contributed by atoms with Crippen LogP contribution in [0.3, 0.4) is 0 Å². The van der Waals surface area contributed by atoms with E-state index in [0.29, 0.717) is 12.5 Å². The minimum atomic E-state index is -4.43. The van der Waals surface area contributed by atoms with E-state index < -0.39 is 11.7 Å². The molecule has 0 bridgehead atoms. The lowest BCUT2D eigenvalue weighted by atomic mass is 10.1. The molecule has 3 rings (SSSR count). The zero-order valence-electron chi connectivity index (χ0n) is 17.9. The normalized spacial score (nSPS) is 20.5. The number of nitrogens with zero attached hydrogens (tertiary/aromatic N) is 3. The van der Waals surface area contributed by atoms with Gasteiger partial charge in [-0.25, -0.2) is 4.99 Å². The quantitative estimate of drug-likeness (QED) is 0.242. The van der Waals surface area contributed by atoms with Crippen LogP contribution in [0.5, 0.6) is 5.75 Å². The molecule has 1 atom stereocenters. The van der Waals surface area contributed by atoms with Crippen LogP contribution in [0.2, 0.25) is 0 Å². The third kappa shape index (κ3) is 7.98.